The van der Waals surface area contributed by atoms with Crippen LogP contribution in [0.15, 0.2) is 24.3 Å². The van der Waals surface area contributed by atoms with Gasteiger partial charge in [0.05, 0.1) is 30.1 Å². The maximum absolute atomic E-state index is 12.5. The summed E-state index contributed by atoms with van der Waals surface area (Å²) in [5.74, 6) is -4.15. The van der Waals surface area contributed by atoms with Crippen LogP contribution in [0.25, 0.3) is 0 Å². The maximum atomic E-state index is 12.5. The van der Waals surface area contributed by atoms with Crippen molar-refractivity contribution in [3.63, 3.8) is 0 Å². The van der Waals surface area contributed by atoms with Crippen LogP contribution >= 0.6 is 0 Å². The Bertz CT molecular complexity index is 716. The average Bonchev–Trinajstić information content (AvgIpc) is 2.51. The smallest absolute Gasteiger partial charge is 0.337 e. The topological polar surface area (TPSA) is 97.7 Å². The predicted octanol–water partition coefficient (Wildman–Crippen LogP) is 1.69. The second kappa shape index (κ2) is 6.88. The second-order valence-corrected chi connectivity index (χ2v) is 6.82. The molecule has 1 saturated carbocycles. The molecule has 0 saturated heterocycles. The minimum absolute atomic E-state index is 0.238. The van der Waals surface area contributed by atoms with Gasteiger partial charge in [-0.1, -0.05) is 12.1 Å². The summed E-state index contributed by atoms with van der Waals surface area (Å²) in [6.45, 7) is 4.11. The van der Waals surface area contributed by atoms with E-state index in [1.54, 1.807) is 12.1 Å². The van der Waals surface area contributed by atoms with Crippen molar-refractivity contribution in [1.29, 1.82) is 0 Å². The zero-order valence-corrected chi connectivity index (χ0v) is 14.7. The molecular formula is C19H22O6. The highest BCUT2D eigenvalue weighted by atomic mass is 16.5. The molecule has 1 aliphatic carbocycles. The zero-order valence-electron chi connectivity index (χ0n) is 14.7. The quantitative estimate of drug-likeness (QED) is 0.658. The number of hydrogen-bond donors (Lipinski definition) is 1. The van der Waals surface area contributed by atoms with E-state index in [0.29, 0.717) is 11.1 Å². The van der Waals surface area contributed by atoms with Gasteiger partial charge in [-0.25, -0.2) is 4.79 Å². The number of esters is 1. The molecule has 1 fully saturated rings. The number of aliphatic hydroxyl groups is 1. The number of rotatable bonds is 4. The first-order valence-corrected chi connectivity index (χ1v) is 8.04. The Hall–Kier alpha value is -2.34. The minimum atomic E-state index is -1.53. The summed E-state index contributed by atoms with van der Waals surface area (Å²) < 4.78 is 4.65. The van der Waals surface area contributed by atoms with Crippen LogP contribution in [0.1, 0.15) is 49.0 Å². The lowest BCUT2D eigenvalue weighted by Crippen LogP contribution is -2.53. The summed E-state index contributed by atoms with van der Waals surface area (Å²) >= 11 is 0. The van der Waals surface area contributed by atoms with Crippen molar-refractivity contribution in [3.05, 3.63) is 35.4 Å². The average molecular weight is 346 g/mol. The van der Waals surface area contributed by atoms with E-state index < -0.39 is 29.3 Å². The molecule has 1 aromatic carbocycles. The fourth-order valence-corrected chi connectivity index (χ4v) is 3.87. The van der Waals surface area contributed by atoms with Gasteiger partial charge < -0.3 is 9.84 Å². The molecule has 1 aromatic rings. The SMILES string of the molecule is COC(=O)c1ccc([C@@H]2[C@H](C(C)=O)C(=O)C[C@](C)(O)[C@H]2C(C)=O)cc1. The van der Waals surface area contributed by atoms with Gasteiger partial charge in [-0.05, 0) is 38.5 Å². The summed E-state index contributed by atoms with van der Waals surface area (Å²) in [6.07, 6.45) is -0.238. The number of carbonyl (C=O) groups excluding carboxylic acids is 4. The van der Waals surface area contributed by atoms with Crippen LogP contribution in [0.5, 0.6) is 0 Å². The molecule has 0 unspecified atom stereocenters. The number of ketones is 3. The van der Waals surface area contributed by atoms with Crippen LogP contribution in [-0.2, 0) is 19.1 Å². The van der Waals surface area contributed by atoms with Gasteiger partial charge in [-0.2, -0.15) is 0 Å². The van der Waals surface area contributed by atoms with Crippen LogP contribution in [0, 0.1) is 11.8 Å². The number of ether oxygens (including phenoxy) is 1. The Kier molecular flexibility index (Phi) is 5.23. The molecular weight excluding hydrogens is 324 g/mol. The minimum Gasteiger partial charge on any atom is -0.465 e. The van der Waals surface area contributed by atoms with Gasteiger partial charge in [-0.15, -0.1) is 0 Å². The number of carbonyl (C=O) groups is 4. The molecule has 1 aliphatic rings. The number of methoxy groups -OCH3 is 1. The fourth-order valence-electron chi connectivity index (χ4n) is 3.87. The number of hydrogen-bond acceptors (Lipinski definition) is 6. The molecule has 2 rings (SSSR count). The van der Waals surface area contributed by atoms with Gasteiger partial charge in [0.1, 0.15) is 17.3 Å². The summed E-state index contributed by atoms with van der Waals surface area (Å²) in [4.78, 5) is 48.4. The molecule has 0 heterocycles. The van der Waals surface area contributed by atoms with Crippen molar-refractivity contribution >= 4 is 23.3 Å². The Morgan fingerprint density at radius 2 is 1.68 bits per heavy atom. The van der Waals surface area contributed by atoms with E-state index >= 15 is 0 Å². The predicted molar refractivity (Wildman–Crippen MR) is 89.1 cm³/mol. The molecule has 25 heavy (non-hydrogen) atoms. The molecule has 0 aromatic heterocycles. The van der Waals surface area contributed by atoms with E-state index in [1.165, 1.54) is 40.0 Å². The van der Waals surface area contributed by atoms with Crippen molar-refractivity contribution in [3.8, 4) is 0 Å². The third kappa shape index (κ3) is 3.54. The van der Waals surface area contributed by atoms with Crippen molar-refractivity contribution in [2.24, 2.45) is 11.8 Å². The highest BCUT2D eigenvalue weighted by molar-refractivity contribution is 6.05. The van der Waals surface area contributed by atoms with Crippen LogP contribution in [0.4, 0.5) is 0 Å². The van der Waals surface area contributed by atoms with Gasteiger partial charge in [0.15, 0.2) is 0 Å². The standard InChI is InChI=1S/C19H22O6/c1-10(20)15-14(22)9-19(3,24)17(11(2)21)16(15)12-5-7-13(8-6-12)18(23)25-4/h5-8,15-17,24H,9H2,1-4H3/t15-,16-,17+,19+/m1/s1. The van der Waals surface area contributed by atoms with Gasteiger partial charge in [0.25, 0.3) is 0 Å². The highest BCUT2D eigenvalue weighted by Crippen LogP contribution is 2.46. The fraction of sp³-hybridized carbons (Fsp3) is 0.474. The first-order valence-electron chi connectivity index (χ1n) is 8.04. The molecule has 1 N–H and O–H groups in total. The lowest BCUT2D eigenvalue weighted by molar-refractivity contribution is -0.151. The van der Waals surface area contributed by atoms with E-state index in [2.05, 4.69) is 4.74 Å². The monoisotopic (exact) mass is 346 g/mol. The summed E-state index contributed by atoms with van der Waals surface area (Å²) in [6, 6.07) is 6.22. The first-order chi connectivity index (χ1) is 11.6. The van der Waals surface area contributed by atoms with Crippen LogP contribution in [0.2, 0.25) is 0 Å². The first kappa shape index (κ1) is 19.0. The van der Waals surface area contributed by atoms with Gasteiger partial charge >= 0.3 is 5.97 Å². The summed E-state index contributed by atoms with van der Waals surface area (Å²) in [5.41, 5.74) is -0.652. The molecule has 4 atom stereocenters. The lowest BCUT2D eigenvalue weighted by Gasteiger charge is -2.44. The zero-order chi connectivity index (χ0) is 18.9. The number of benzene rings is 1. The van der Waals surface area contributed by atoms with Crippen LogP contribution in [0.3, 0.4) is 0 Å². The molecule has 0 bridgehead atoms. The second-order valence-electron chi connectivity index (χ2n) is 6.82. The highest BCUT2D eigenvalue weighted by Gasteiger charge is 2.53. The molecule has 0 radical (unpaired) electrons. The lowest BCUT2D eigenvalue weighted by atomic mass is 9.60. The Balaban J connectivity index is 2.56. The molecule has 0 spiro atoms. The third-order valence-electron chi connectivity index (χ3n) is 4.86. The number of Topliss-reactive ketones (excluding diaryl/α,β-unsaturated/α-hetero) is 3. The van der Waals surface area contributed by atoms with Crippen LogP contribution < -0.4 is 0 Å². The normalized spacial score (nSPS) is 29.2. The molecule has 0 amide bonds. The molecule has 0 aliphatic heterocycles. The molecule has 6 nitrogen and oxygen atoms in total. The van der Waals surface area contributed by atoms with Crippen molar-refractivity contribution < 1.29 is 29.0 Å². The van der Waals surface area contributed by atoms with Crippen molar-refractivity contribution in [2.75, 3.05) is 7.11 Å². The van der Waals surface area contributed by atoms with E-state index in [0.717, 1.165) is 0 Å². The van der Waals surface area contributed by atoms with E-state index in [1.807, 2.05) is 0 Å². The molecule has 134 valence electrons. The van der Waals surface area contributed by atoms with Crippen LogP contribution in [-0.4, -0.2) is 41.1 Å². The van der Waals surface area contributed by atoms with Crippen molar-refractivity contribution in [1.82, 2.24) is 0 Å². The van der Waals surface area contributed by atoms with E-state index in [-0.39, 0.29) is 23.8 Å². The molecule has 6 heteroatoms. The Morgan fingerprint density at radius 1 is 1.12 bits per heavy atom. The maximum Gasteiger partial charge on any atom is 0.337 e. The summed E-state index contributed by atoms with van der Waals surface area (Å²) in [5, 5.41) is 10.7. The van der Waals surface area contributed by atoms with Crippen molar-refractivity contribution in [2.45, 2.75) is 38.7 Å². The van der Waals surface area contributed by atoms with Gasteiger partial charge in [0.2, 0.25) is 0 Å². The van der Waals surface area contributed by atoms with Gasteiger partial charge in [-0.3, -0.25) is 14.4 Å². The van der Waals surface area contributed by atoms with Gasteiger partial charge in [0, 0.05) is 12.3 Å². The van der Waals surface area contributed by atoms with E-state index in [9.17, 15) is 24.3 Å². The Labute approximate surface area is 146 Å². The van der Waals surface area contributed by atoms with E-state index in [4.69, 9.17) is 0 Å². The Morgan fingerprint density at radius 3 is 2.12 bits per heavy atom. The summed E-state index contributed by atoms with van der Waals surface area (Å²) in [7, 11) is 1.27. The largest absolute Gasteiger partial charge is 0.465 e. The third-order valence-corrected chi connectivity index (χ3v) is 4.86.